The molecule has 0 bridgehead atoms. The number of rotatable bonds is 5. The van der Waals surface area contributed by atoms with Crippen LogP contribution in [0.25, 0.3) is 0 Å². The smallest absolute Gasteiger partial charge is 0.222 e. The van der Waals surface area contributed by atoms with Gasteiger partial charge in [-0.15, -0.1) is 0 Å². The van der Waals surface area contributed by atoms with E-state index in [2.05, 4.69) is 4.98 Å². The summed E-state index contributed by atoms with van der Waals surface area (Å²) in [6, 6.07) is 11.4. The lowest BCUT2D eigenvalue weighted by Crippen LogP contribution is -2.05. The molecule has 98 valence electrons. The Morgan fingerprint density at radius 3 is 2.68 bits per heavy atom. The van der Waals surface area contributed by atoms with Crippen molar-refractivity contribution >= 4 is 17.3 Å². The Morgan fingerprint density at radius 1 is 1.26 bits per heavy atom. The first kappa shape index (κ1) is 13.6. The van der Waals surface area contributed by atoms with Crippen molar-refractivity contribution in [3.05, 3.63) is 58.7 Å². The van der Waals surface area contributed by atoms with Gasteiger partial charge in [0.25, 0.3) is 0 Å². The van der Waals surface area contributed by atoms with Gasteiger partial charge >= 0.3 is 0 Å². The summed E-state index contributed by atoms with van der Waals surface area (Å²) >= 11 is 5.84. The number of aryl methyl sites for hydroxylation is 1. The van der Waals surface area contributed by atoms with Crippen molar-refractivity contribution < 1.29 is 4.74 Å². The molecule has 0 radical (unpaired) electrons. The van der Waals surface area contributed by atoms with Crippen LogP contribution in [0.2, 0.25) is 5.02 Å². The van der Waals surface area contributed by atoms with Gasteiger partial charge in [0.05, 0.1) is 12.7 Å². The second-order valence-electron chi connectivity index (χ2n) is 4.17. The lowest BCUT2D eigenvalue weighted by atomic mass is 10.0. The van der Waals surface area contributed by atoms with Gasteiger partial charge in [-0.05, 0) is 42.7 Å². The highest BCUT2D eigenvalue weighted by Crippen LogP contribution is 2.17. The number of halogens is 1. The molecule has 1 N–H and O–H groups in total. The van der Waals surface area contributed by atoms with Crippen LogP contribution in [0.3, 0.4) is 0 Å². The third-order valence-electron chi connectivity index (χ3n) is 2.87. The van der Waals surface area contributed by atoms with E-state index in [0.29, 0.717) is 18.0 Å². The van der Waals surface area contributed by atoms with Gasteiger partial charge in [0.2, 0.25) is 5.88 Å². The minimum absolute atomic E-state index is 0.503. The van der Waals surface area contributed by atoms with Gasteiger partial charge in [-0.1, -0.05) is 23.7 Å². The summed E-state index contributed by atoms with van der Waals surface area (Å²) in [6.45, 7) is 0. The zero-order valence-corrected chi connectivity index (χ0v) is 11.4. The van der Waals surface area contributed by atoms with Gasteiger partial charge in [0, 0.05) is 16.9 Å². The van der Waals surface area contributed by atoms with E-state index in [9.17, 15) is 0 Å². The van der Waals surface area contributed by atoms with Gasteiger partial charge in [0.1, 0.15) is 0 Å². The highest BCUT2D eigenvalue weighted by molar-refractivity contribution is 6.30. The van der Waals surface area contributed by atoms with E-state index in [1.165, 1.54) is 0 Å². The lowest BCUT2D eigenvalue weighted by Gasteiger charge is -2.08. The second kappa shape index (κ2) is 6.34. The van der Waals surface area contributed by atoms with E-state index < -0.39 is 0 Å². The van der Waals surface area contributed by atoms with E-state index in [1.807, 2.05) is 36.4 Å². The first-order valence-electron chi connectivity index (χ1n) is 6.02. The highest BCUT2D eigenvalue weighted by atomic mass is 35.5. The van der Waals surface area contributed by atoms with E-state index in [4.69, 9.17) is 21.7 Å². The number of hydrogen-bond acceptors (Lipinski definition) is 3. The maximum atomic E-state index is 8.12. The molecule has 0 atom stereocenters. The van der Waals surface area contributed by atoms with E-state index >= 15 is 0 Å². The summed E-state index contributed by atoms with van der Waals surface area (Å²) in [5.74, 6) is 0.503. The maximum Gasteiger partial charge on any atom is 0.222 e. The molecule has 2 rings (SSSR count). The maximum absolute atomic E-state index is 8.12. The van der Waals surface area contributed by atoms with Crippen LogP contribution in [0.15, 0.2) is 42.6 Å². The molecular weight excluding hydrogens is 260 g/mol. The normalized spacial score (nSPS) is 10.2. The molecule has 1 aromatic carbocycles. The first-order valence-corrected chi connectivity index (χ1v) is 6.39. The molecule has 0 unspecified atom stereocenters. The van der Waals surface area contributed by atoms with Crippen LogP contribution in [0, 0.1) is 5.41 Å². The number of benzene rings is 1. The molecule has 1 heterocycles. The molecule has 4 heteroatoms. The Morgan fingerprint density at radius 2 is 2.00 bits per heavy atom. The molecule has 19 heavy (non-hydrogen) atoms. The molecule has 0 aliphatic rings. The fraction of sp³-hybridized carbons (Fsp3) is 0.200. The molecule has 2 aromatic rings. The van der Waals surface area contributed by atoms with E-state index in [0.717, 1.165) is 22.6 Å². The second-order valence-corrected chi connectivity index (χ2v) is 4.60. The van der Waals surface area contributed by atoms with Gasteiger partial charge in [-0.25, -0.2) is 4.98 Å². The predicted octanol–water partition coefficient (Wildman–Crippen LogP) is 3.74. The van der Waals surface area contributed by atoms with Crippen molar-refractivity contribution in [2.45, 2.75) is 12.8 Å². The molecule has 0 aliphatic heterocycles. The molecule has 0 saturated heterocycles. The van der Waals surface area contributed by atoms with Crippen molar-refractivity contribution in [1.29, 1.82) is 5.41 Å². The number of methoxy groups -OCH3 is 1. The number of hydrogen-bond donors (Lipinski definition) is 1. The fourth-order valence-electron chi connectivity index (χ4n) is 1.84. The molecule has 0 saturated carbocycles. The Balaban J connectivity index is 2.03. The van der Waals surface area contributed by atoms with Crippen molar-refractivity contribution in [2.75, 3.05) is 7.11 Å². The summed E-state index contributed by atoms with van der Waals surface area (Å²) in [5, 5.41) is 8.85. The largest absolute Gasteiger partial charge is 0.481 e. The summed E-state index contributed by atoms with van der Waals surface area (Å²) in [6.07, 6.45) is 3.10. The zero-order valence-electron chi connectivity index (χ0n) is 10.7. The Bertz CT molecular complexity index is 567. The van der Waals surface area contributed by atoms with Crippen LogP contribution >= 0.6 is 11.6 Å². The Hall–Kier alpha value is -1.87. The number of nitrogens with zero attached hydrogens (tertiary/aromatic N) is 1. The lowest BCUT2D eigenvalue weighted by molar-refractivity contribution is 0.397. The minimum Gasteiger partial charge on any atom is -0.481 e. The molecule has 0 fully saturated rings. The SMILES string of the molecule is COc1ncccc1C(=N)CCc1ccc(Cl)cc1. The summed E-state index contributed by atoms with van der Waals surface area (Å²) in [4.78, 5) is 4.10. The molecule has 0 spiro atoms. The standard InChI is InChI=1S/C15H15ClN2O/c1-19-15-13(3-2-10-18-15)14(17)9-6-11-4-7-12(16)8-5-11/h2-5,7-8,10,17H,6,9H2,1H3. The molecular formula is C15H15ClN2O. The Kier molecular flexibility index (Phi) is 4.53. The molecule has 0 amide bonds. The molecule has 3 nitrogen and oxygen atoms in total. The average Bonchev–Trinajstić information content (AvgIpc) is 2.46. The minimum atomic E-state index is 0.503. The van der Waals surface area contributed by atoms with Crippen LogP contribution in [-0.2, 0) is 6.42 Å². The van der Waals surface area contributed by atoms with Crippen LogP contribution in [0.4, 0.5) is 0 Å². The topological polar surface area (TPSA) is 46.0 Å². The van der Waals surface area contributed by atoms with Crippen LogP contribution in [0.5, 0.6) is 5.88 Å². The van der Waals surface area contributed by atoms with Gasteiger partial charge in [-0.3, -0.25) is 0 Å². The zero-order chi connectivity index (χ0) is 13.7. The molecule has 0 aliphatic carbocycles. The molecule has 1 aromatic heterocycles. The number of nitrogens with one attached hydrogen (secondary N) is 1. The fourth-order valence-corrected chi connectivity index (χ4v) is 1.96. The average molecular weight is 275 g/mol. The van der Waals surface area contributed by atoms with Crippen molar-refractivity contribution in [3.63, 3.8) is 0 Å². The van der Waals surface area contributed by atoms with E-state index in [-0.39, 0.29) is 0 Å². The summed E-state index contributed by atoms with van der Waals surface area (Å²) < 4.78 is 5.16. The van der Waals surface area contributed by atoms with Gasteiger partial charge in [0.15, 0.2) is 0 Å². The third kappa shape index (κ3) is 3.55. The van der Waals surface area contributed by atoms with Gasteiger partial charge in [-0.2, -0.15) is 0 Å². The van der Waals surface area contributed by atoms with Crippen molar-refractivity contribution in [3.8, 4) is 5.88 Å². The van der Waals surface area contributed by atoms with E-state index in [1.54, 1.807) is 13.3 Å². The van der Waals surface area contributed by atoms with Crippen LogP contribution in [0.1, 0.15) is 17.5 Å². The monoisotopic (exact) mass is 274 g/mol. The quantitative estimate of drug-likeness (QED) is 0.844. The number of ether oxygens (including phenoxy) is 1. The summed E-state index contributed by atoms with van der Waals surface area (Å²) in [5.41, 5.74) is 2.44. The number of aromatic nitrogens is 1. The van der Waals surface area contributed by atoms with Crippen LogP contribution in [-0.4, -0.2) is 17.8 Å². The van der Waals surface area contributed by atoms with Crippen molar-refractivity contribution in [2.24, 2.45) is 0 Å². The Labute approximate surface area is 117 Å². The van der Waals surface area contributed by atoms with Crippen LogP contribution < -0.4 is 4.74 Å². The number of pyridine rings is 1. The highest BCUT2D eigenvalue weighted by Gasteiger charge is 2.09. The van der Waals surface area contributed by atoms with Gasteiger partial charge < -0.3 is 10.1 Å². The third-order valence-corrected chi connectivity index (χ3v) is 3.12. The first-order chi connectivity index (χ1) is 9.20. The van der Waals surface area contributed by atoms with Crippen molar-refractivity contribution in [1.82, 2.24) is 4.98 Å². The predicted molar refractivity (Wildman–Crippen MR) is 77.4 cm³/mol. The summed E-state index contributed by atoms with van der Waals surface area (Å²) in [7, 11) is 1.57.